The standard InChI is InChI=1S/C61H42N2.C38H28.C24H16BrN.C8H6/c1-5-18-43(19-6-1)44-32-35-50(36-33-44)62(51-27-17-20-45(40-51)46-34-39-60-56(41-46)55-29-14-16-31-59(55)63(60)49-25-11-4-12-26-49)52-37-38-54-53-28-13-15-30-57(53)61(58(54)42-52,47-21-7-2-8-22-47)48-23-9-3-10-24-48;1-4-12-30(13-5-1)31-23-20-28(21-24-31)26-29-22-25-35-34-18-10-11-19-36(34)38(37(35)27-29,32-14-6-2-7-15-32)33-16-8-3-9-17-33;25-19-8-6-7-17(15-19)18-13-14-24-22(16-18)21-11-4-5-12-23(21)26(24)20-9-2-1-3-10-20;1-3-5-7-8-6-4-2/h1-42H;1-25,27H,26H2;1-16H;1-2H3. The first kappa shape index (κ1) is 84.8. The molecule has 2 heterocycles. The summed E-state index contributed by atoms with van der Waals surface area (Å²) in [7, 11) is 0. The van der Waals surface area contributed by atoms with Gasteiger partial charge in [-0.15, -0.1) is 0 Å². The van der Waals surface area contributed by atoms with E-state index in [1.165, 1.54) is 166 Å². The Bertz CT molecular complexity index is 8160. The topological polar surface area (TPSA) is 13.1 Å². The Kier molecular flexibility index (Phi) is 24.0. The van der Waals surface area contributed by atoms with Gasteiger partial charge in [0.1, 0.15) is 0 Å². The van der Waals surface area contributed by atoms with Crippen LogP contribution in [-0.2, 0) is 17.3 Å². The van der Waals surface area contributed by atoms with Gasteiger partial charge >= 0.3 is 0 Å². The lowest BCUT2D eigenvalue weighted by molar-refractivity contribution is 0.767. The van der Waals surface area contributed by atoms with Crippen LogP contribution in [0.15, 0.2) is 514 Å². The van der Waals surface area contributed by atoms with Gasteiger partial charge < -0.3 is 14.0 Å². The third kappa shape index (κ3) is 16.3. The molecule has 0 atom stereocenters. The van der Waals surface area contributed by atoms with E-state index < -0.39 is 5.41 Å². The number of hydrogen-bond acceptors (Lipinski definition) is 1. The fourth-order valence-electron chi connectivity index (χ4n) is 20.4. The van der Waals surface area contributed by atoms with Crippen molar-refractivity contribution in [1.29, 1.82) is 0 Å². The number of anilines is 3. The van der Waals surface area contributed by atoms with E-state index in [4.69, 9.17) is 0 Å². The second kappa shape index (κ2) is 38.2. The van der Waals surface area contributed by atoms with Crippen LogP contribution in [0.25, 0.3) is 122 Å². The van der Waals surface area contributed by atoms with Gasteiger partial charge in [0.25, 0.3) is 0 Å². The minimum Gasteiger partial charge on any atom is -0.310 e. The summed E-state index contributed by atoms with van der Waals surface area (Å²) in [5.41, 5.74) is 37.6. The van der Waals surface area contributed by atoms with E-state index in [2.05, 4.69) is 575 Å². The molecule has 0 fully saturated rings. The van der Waals surface area contributed by atoms with Gasteiger partial charge in [0.05, 0.1) is 32.9 Å². The van der Waals surface area contributed by atoms with E-state index in [9.17, 15) is 0 Å². The van der Waals surface area contributed by atoms with Gasteiger partial charge in [0.2, 0.25) is 0 Å². The third-order valence-electron chi connectivity index (χ3n) is 26.3. The number of benzene rings is 20. The molecule has 0 spiro atoms. The number of nitrogens with zero attached hydrogens (tertiary/aromatic N) is 3. The molecular weight excluding hydrogens is 1700 g/mol. The molecule has 0 aliphatic heterocycles. The first-order chi connectivity index (χ1) is 66.8. The lowest BCUT2D eigenvalue weighted by Crippen LogP contribution is -2.28. The van der Waals surface area contributed by atoms with Crippen LogP contribution in [0.1, 0.15) is 69.5 Å². The van der Waals surface area contributed by atoms with Crippen molar-refractivity contribution in [3.8, 4) is 114 Å². The lowest BCUT2D eigenvalue weighted by Gasteiger charge is -2.35. The number of halogens is 1. The molecule has 638 valence electrons. The highest BCUT2D eigenvalue weighted by atomic mass is 79.9. The van der Waals surface area contributed by atoms with Crippen LogP contribution in [0.2, 0.25) is 0 Å². The Morgan fingerprint density at radius 2 is 0.548 bits per heavy atom. The van der Waals surface area contributed by atoms with Gasteiger partial charge in [0, 0.05) is 54.5 Å². The largest absolute Gasteiger partial charge is 0.310 e. The number of para-hydroxylation sites is 4. The molecule has 0 unspecified atom stereocenters. The van der Waals surface area contributed by atoms with Gasteiger partial charge in [0.15, 0.2) is 0 Å². The van der Waals surface area contributed by atoms with Crippen molar-refractivity contribution in [3.63, 3.8) is 0 Å². The first-order valence-corrected chi connectivity index (χ1v) is 46.8. The van der Waals surface area contributed by atoms with Crippen LogP contribution in [0.4, 0.5) is 17.1 Å². The Hall–Kier alpha value is -17.0. The normalized spacial score (nSPS) is 11.9. The second-order valence-electron chi connectivity index (χ2n) is 34.1. The number of fused-ring (bicyclic) bond motifs is 12. The maximum atomic E-state index is 3.58. The minimum atomic E-state index is -0.510. The van der Waals surface area contributed by atoms with Gasteiger partial charge in [-0.25, -0.2) is 0 Å². The fourth-order valence-corrected chi connectivity index (χ4v) is 20.8. The van der Waals surface area contributed by atoms with E-state index in [0.717, 1.165) is 39.2 Å². The molecule has 2 aromatic heterocycles. The highest BCUT2D eigenvalue weighted by molar-refractivity contribution is 9.10. The molecule has 2 aliphatic rings. The van der Waals surface area contributed by atoms with Crippen LogP contribution in [-0.4, -0.2) is 9.13 Å². The minimum absolute atomic E-state index is 0.346. The van der Waals surface area contributed by atoms with Crippen molar-refractivity contribution in [2.75, 3.05) is 4.90 Å². The summed E-state index contributed by atoms with van der Waals surface area (Å²) >= 11 is 3.58. The van der Waals surface area contributed by atoms with Crippen LogP contribution in [0.3, 0.4) is 0 Å². The first-order valence-electron chi connectivity index (χ1n) is 46.0. The maximum absolute atomic E-state index is 3.58. The van der Waals surface area contributed by atoms with Crippen molar-refractivity contribution in [1.82, 2.24) is 9.13 Å². The van der Waals surface area contributed by atoms with Crippen molar-refractivity contribution in [2.45, 2.75) is 31.1 Å². The van der Waals surface area contributed by atoms with Crippen molar-refractivity contribution in [2.24, 2.45) is 0 Å². The van der Waals surface area contributed by atoms with Crippen molar-refractivity contribution >= 4 is 76.6 Å². The molecule has 2 aliphatic carbocycles. The SMILES string of the molecule is Brc1cccc(-c2ccc3c(c2)c2ccccc2n3-c2ccccc2)c1.CC#CC#CC#CC.c1ccc(-c2ccc(Cc3ccc4c(c3)C(c3ccccc3)(c3ccccc3)c3ccccc3-4)cc2)cc1.c1ccc(-c2ccc(N(c3cccc(-c4ccc5c(c4)c4ccccc4n5-c4ccccc4)c3)c3ccc4c(c3)C(c3ccccc3)(c3ccccc3)c3ccccc3-4)cc2)cc1. The monoisotopic (exact) mass is 1790 g/mol. The molecule has 0 amide bonds. The number of aromatic nitrogens is 2. The molecule has 3 nitrogen and oxygen atoms in total. The number of hydrogen-bond donors (Lipinski definition) is 0. The molecule has 0 N–H and O–H groups in total. The summed E-state index contributed by atoms with van der Waals surface area (Å²) in [5, 5.41) is 5.04. The summed E-state index contributed by atoms with van der Waals surface area (Å²) < 4.78 is 5.82. The number of rotatable bonds is 15. The molecule has 4 heteroatoms. The Morgan fingerprint density at radius 1 is 0.222 bits per heavy atom. The van der Waals surface area contributed by atoms with Crippen molar-refractivity contribution in [3.05, 3.63) is 570 Å². The summed E-state index contributed by atoms with van der Waals surface area (Å²) in [5.74, 6) is 15.5. The fraction of sp³-hybridized carbons (Fsp3) is 0.0382. The average Bonchev–Trinajstić information content (AvgIpc) is 1.54. The molecule has 135 heavy (non-hydrogen) atoms. The Labute approximate surface area is 799 Å². The molecule has 0 radical (unpaired) electrons. The van der Waals surface area contributed by atoms with E-state index in [-0.39, 0.29) is 5.41 Å². The maximum Gasteiger partial charge on any atom is 0.0714 e. The summed E-state index contributed by atoms with van der Waals surface area (Å²) in [4.78, 5) is 2.43. The predicted molar refractivity (Wildman–Crippen MR) is 571 cm³/mol. The highest BCUT2D eigenvalue weighted by Crippen LogP contribution is 2.59. The zero-order valence-electron chi connectivity index (χ0n) is 74.9. The Morgan fingerprint density at radius 3 is 1.01 bits per heavy atom. The highest BCUT2D eigenvalue weighted by Gasteiger charge is 2.48. The third-order valence-corrected chi connectivity index (χ3v) is 26.8. The summed E-state index contributed by atoms with van der Waals surface area (Å²) in [6.07, 6.45) is 0.901. The van der Waals surface area contributed by atoms with E-state index >= 15 is 0 Å². The molecule has 24 rings (SSSR count). The summed E-state index contributed by atoms with van der Waals surface area (Å²) in [6, 6.07) is 185. The van der Waals surface area contributed by atoms with Gasteiger partial charge in [-0.1, -0.05) is 428 Å². The van der Waals surface area contributed by atoms with Crippen LogP contribution >= 0.6 is 15.9 Å². The lowest BCUT2D eigenvalue weighted by atomic mass is 9.67. The zero-order valence-corrected chi connectivity index (χ0v) is 76.5. The molecule has 0 saturated heterocycles. The molecular formula is C131H92BrN3. The summed E-state index contributed by atoms with van der Waals surface area (Å²) in [6.45, 7) is 3.49. The average molecular weight is 1790 g/mol. The van der Waals surface area contributed by atoms with E-state index in [0.29, 0.717) is 0 Å². The zero-order chi connectivity index (χ0) is 90.9. The van der Waals surface area contributed by atoms with E-state index in [1.807, 2.05) is 0 Å². The van der Waals surface area contributed by atoms with Gasteiger partial charge in [-0.3, -0.25) is 0 Å². The van der Waals surface area contributed by atoms with Gasteiger partial charge in [-0.05, 0) is 276 Å². The van der Waals surface area contributed by atoms with Gasteiger partial charge in [-0.2, -0.15) is 0 Å². The predicted octanol–water partition coefficient (Wildman–Crippen LogP) is 33.5. The molecule has 0 bridgehead atoms. The van der Waals surface area contributed by atoms with Crippen LogP contribution in [0.5, 0.6) is 0 Å². The molecule has 22 aromatic rings. The molecule has 0 saturated carbocycles. The molecule has 20 aromatic carbocycles. The Balaban J connectivity index is 0.000000128. The second-order valence-corrected chi connectivity index (χ2v) is 35.0. The quantitative estimate of drug-likeness (QED) is 0.0933. The van der Waals surface area contributed by atoms with Crippen LogP contribution < -0.4 is 4.90 Å². The van der Waals surface area contributed by atoms with Crippen molar-refractivity contribution < 1.29 is 0 Å². The smallest absolute Gasteiger partial charge is 0.0714 e. The van der Waals surface area contributed by atoms with Crippen LogP contribution in [0, 0.1) is 35.5 Å². The van der Waals surface area contributed by atoms with E-state index in [1.54, 1.807) is 13.8 Å².